The summed E-state index contributed by atoms with van der Waals surface area (Å²) in [5, 5.41) is -5.94. The Kier molecular flexibility index (Phi) is 9.27. The Hall–Kier alpha value is -3.87. The Balaban J connectivity index is 1.39. The van der Waals surface area contributed by atoms with Gasteiger partial charge in [-0.2, -0.15) is 39.5 Å². The van der Waals surface area contributed by atoms with Crippen LogP contribution in [-0.4, -0.2) is 23.3 Å². The monoisotopic (exact) mass is 674 g/mol. The van der Waals surface area contributed by atoms with Crippen LogP contribution in [0, 0.1) is 5.82 Å². The number of benzene rings is 4. The minimum absolute atomic E-state index is 0.169. The van der Waals surface area contributed by atoms with Gasteiger partial charge in [0.2, 0.25) is 0 Å². The number of ether oxygens (including phenoxy) is 1. The minimum Gasteiger partial charge on any atom is -0.489 e. The molecule has 0 saturated carbocycles. The summed E-state index contributed by atoms with van der Waals surface area (Å²) in [5.74, 6) is -14.6. The predicted octanol–water partition coefficient (Wildman–Crippen LogP) is 10.7. The van der Waals surface area contributed by atoms with Gasteiger partial charge in [-0.3, -0.25) is 0 Å². The first-order chi connectivity index (χ1) is 21.6. The zero-order chi connectivity index (χ0) is 33.3. The lowest BCUT2D eigenvalue weighted by Crippen LogP contribution is -2.59. The maximum absolute atomic E-state index is 14.0. The highest BCUT2D eigenvalue weighted by Gasteiger charge is 2.82. The number of halogens is 10. The third-order valence-corrected chi connectivity index (χ3v) is 8.46. The van der Waals surface area contributed by atoms with Gasteiger partial charge in [0.15, 0.2) is 0 Å². The lowest BCUT2D eigenvalue weighted by atomic mass is 9.69. The highest BCUT2D eigenvalue weighted by atomic mass is 32.2. The van der Waals surface area contributed by atoms with E-state index >= 15 is 0 Å². The molecule has 0 fully saturated rings. The fourth-order valence-electron chi connectivity index (χ4n) is 5.35. The largest absolute Gasteiger partial charge is 0.489 e. The first-order valence-corrected chi connectivity index (χ1v) is 14.6. The molecule has 0 radical (unpaired) electrons. The molecule has 4 aromatic carbocycles. The van der Waals surface area contributed by atoms with Crippen molar-refractivity contribution >= 4 is 12.0 Å². The first-order valence-electron chi connectivity index (χ1n) is 13.8. The van der Waals surface area contributed by atoms with Crippen LogP contribution in [0.25, 0.3) is 0 Å². The van der Waals surface area contributed by atoms with Crippen LogP contribution in [0.4, 0.5) is 43.9 Å². The standard InChI is InChI=1S/C33H24F10O2S/c34-24-11-6-21(7-12-24)27-16-10-23-18-26(44-19-20-4-2-1-3-5-20)15-17-28(23)29(27)22-8-13-25(14-9-22)45-46-33(42,43)31(37,38)30(35,36)32(39,40)41/h1-9,11-15,17-18,27,29H,10,16,19H2/t27?,29-/m0/s1. The van der Waals surface area contributed by atoms with E-state index in [0.717, 1.165) is 34.4 Å². The summed E-state index contributed by atoms with van der Waals surface area (Å²) in [6.07, 6.45) is -5.64. The number of fused-ring (bicyclic) bond motifs is 1. The fourth-order valence-corrected chi connectivity index (χ4v) is 5.90. The topological polar surface area (TPSA) is 18.5 Å². The molecule has 0 aromatic heterocycles. The van der Waals surface area contributed by atoms with Gasteiger partial charge in [0.05, 0.1) is 0 Å². The molecule has 0 aliphatic heterocycles. The van der Waals surface area contributed by atoms with Crippen LogP contribution in [0.2, 0.25) is 0 Å². The smallest absolute Gasteiger partial charge is 0.460 e. The van der Waals surface area contributed by atoms with Crippen LogP contribution in [0.15, 0.2) is 97.1 Å². The minimum atomic E-state index is -7.01. The van der Waals surface area contributed by atoms with Crippen molar-refractivity contribution in [2.24, 2.45) is 0 Å². The third kappa shape index (κ3) is 6.65. The molecule has 0 N–H and O–H groups in total. The van der Waals surface area contributed by atoms with Gasteiger partial charge in [0, 0.05) is 5.92 Å². The van der Waals surface area contributed by atoms with Gasteiger partial charge in [-0.25, -0.2) is 4.39 Å². The van der Waals surface area contributed by atoms with Crippen LogP contribution in [-0.2, 0) is 13.0 Å². The SMILES string of the molecule is Fc1ccc(C2CCc3cc(OCc4ccccc4)ccc3[C@H]2c2ccc(OSC(F)(F)C(F)(F)C(F)(F)C(F)(F)F)cc2)cc1. The Bertz CT molecular complexity index is 1630. The first kappa shape index (κ1) is 33.5. The summed E-state index contributed by atoms with van der Waals surface area (Å²) >= 11 is -1.50. The molecule has 2 nitrogen and oxygen atoms in total. The second-order valence-electron chi connectivity index (χ2n) is 10.7. The maximum atomic E-state index is 14.0. The van der Waals surface area contributed by atoms with Crippen LogP contribution in [0.1, 0.15) is 46.1 Å². The van der Waals surface area contributed by atoms with Crippen molar-refractivity contribution in [3.8, 4) is 11.5 Å². The molecule has 5 rings (SSSR count). The second-order valence-corrected chi connectivity index (χ2v) is 11.6. The number of hydrogen-bond donors (Lipinski definition) is 0. The van der Waals surface area contributed by atoms with E-state index in [2.05, 4.69) is 4.18 Å². The molecule has 0 bridgehead atoms. The van der Waals surface area contributed by atoms with E-state index in [4.69, 9.17) is 4.74 Å². The van der Waals surface area contributed by atoms with Crippen LogP contribution in [0.3, 0.4) is 0 Å². The number of aryl methyl sites for hydroxylation is 1. The van der Waals surface area contributed by atoms with Crippen LogP contribution < -0.4 is 8.92 Å². The van der Waals surface area contributed by atoms with E-state index in [1.165, 1.54) is 24.3 Å². The molecular formula is C33H24F10O2S. The molecule has 4 aromatic rings. The zero-order valence-electron chi connectivity index (χ0n) is 23.5. The second kappa shape index (κ2) is 12.7. The predicted molar refractivity (Wildman–Crippen MR) is 152 cm³/mol. The lowest BCUT2D eigenvalue weighted by Gasteiger charge is -2.35. The van der Waals surface area contributed by atoms with Crippen molar-refractivity contribution < 1.29 is 52.8 Å². The van der Waals surface area contributed by atoms with Gasteiger partial charge in [-0.1, -0.05) is 60.7 Å². The lowest BCUT2D eigenvalue weighted by molar-refractivity contribution is -0.381. The fraction of sp³-hybridized carbons (Fsp3) is 0.273. The van der Waals surface area contributed by atoms with Crippen LogP contribution in [0.5, 0.6) is 11.5 Å². The van der Waals surface area contributed by atoms with E-state index in [0.29, 0.717) is 30.8 Å². The Labute approximate surface area is 261 Å². The van der Waals surface area contributed by atoms with Crippen molar-refractivity contribution in [2.45, 2.75) is 54.6 Å². The molecule has 0 amide bonds. The van der Waals surface area contributed by atoms with Crippen molar-refractivity contribution in [1.29, 1.82) is 0 Å². The van der Waals surface area contributed by atoms with E-state index in [9.17, 15) is 43.9 Å². The molecule has 1 aliphatic rings. The van der Waals surface area contributed by atoms with E-state index in [1.807, 2.05) is 42.5 Å². The molecular weight excluding hydrogens is 650 g/mol. The van der Waals surface area contributed by atoms with Gasteiger partial charge < -0.3 is 8.92 Å². The molecule has 2 atom stereocenters. The molecule has 0 saturated heterocycles. The normalized spacial score (nSPS) is 17.3. The Morgan fingerprint density at radius 1 is 0.674 bits per heavy atom. The molecule has 0 heterocycles. The summed E-state index contributed by atoms with van der Waals surface area (Å²) in [4.78, 5) is 0. The Morgan fingerprint density at radius 3 is 1.91 bits per heavy atom. The van der Waals surface area contributed by atoms with Gasteiger partial charge >= 0.3 is 23.3 Å². The van der Waals surface area contributed by atoms with Crippen molar-refractivity contribution in [1.82, 2.24) is 0 Å². The van der Waals surface area contributed by atoms with Crippen molar-refractivity contribution in [2.75, 3.05) is 0 Å². The van der Waals surface area contributed by atoms with Crippen molar-refractivity contribution in [3.05, 3.63) is 131 Å². The quantitative estimate of drug-likeness (QED) is 0.123. The molecule has 1 aliphatic carbocycles. The number of rotatable bonds is 10. The van der Waals surface area contributed by atoms with Gasteiger partial charge in [0.1, 0.15) is 36.0 Å². The summed E-state index contributed by atoms with van der Waals surface area (Å²) in [6, 6.07) is 26.3. The van der Waals surface area contributed by atoms with Gasteiger partial charge in [0.25, 0.3) is 0 Å². The van der Waals surface area contributed by atoms with E-state index < -0.39 is 46.9 Å². The summed E-state index contributed by atoms with van der Waals surface area (Å²) in [7, 11) is 0. The van der Waals surface area contributed by atoms with E-state index in [1.54, 1.807) is 18.2 Å². The highest BCUT2D eigenvalue weighted by molar-refractivity contribution is 7.96. The van der Waals surface area contributed by atoms with E-state index in [-0.39, 0.29) is 11.8 Å². The summed E-state index contributed by atoms with van der Waals surface area (Å²) < 4.78 is 143. The molecule has 1 unspecified atom stereocenters. The van der Waals surface area contributed by atoms with Crippen LogP contribution >= 0.6 is 12.0 Å². The Morgan fingerprint density at radius 2 is 1.28 bits per heavy atom. The molecule has 46 heavy (non-hydrogen) atoms. The van der Waals surface area contributed by atoms with Gasteiger partial charge in [-0.15, -0.1) is 0 Å². The number of hydrogen-bond acceptors (Lipinski definition) is 3. The molecule has 244 valence electrons. The average molecular weight is 675 g/mol. The average Bonchev–Trinajstić information content (AvgIpc) is 3.02. The summed E-state index contributed by atoms with van der Waals surface area (Å²) in [6.45, 7) is 0.347. The maximum Gasteiger partial charge on any atom is 0.460 e. The number of alkyl halides is 9. The highest BCUT2D eigenvalue weighted by Crippen LogP contribution is 2.57. The zero-order valence-corrected chi connectivity index (χ0v) is 24.3. The molecule has 0 spiro atoms. The third-order valence-electron chi connectivity index (χ3n) is 7.72. The van der Waals surface area contributed by atoms with Gasteiger partial charge in [-0.05, 0) is 83.0 Å². The van der Waals surface area contributed by atoms with Crippen molar-refractivity contribution in [3.63, 3.8) is 0 Å². The summed E-state index contributed by atoms with van der Waals surface area (Å²) in [5.41, 5.74) is 4.30. The molecule has 13 heteroatoms.